The molecule has 0 aliphatic rings. The topological polar surface area (TPSA) is 105 Å². The molecule has 7 heteroatoms. The van der Waals surface area contributed by atoms with E-state index in [9.17, 15) is 20.0 Å². The molecular weight excluding hydrogens is 420 g/mol. The minimum atomic E-state index is -0.678. The maximum Gasteiger partial charge on any atom is 0.271 e. The summed E-state index contributed by atoms with van der Waals surface area (Å²) in [6.45, 7) is 4.17. The molecule has 0 bridgehead atoms. The normalized spacial score (nSPS) is 10.7. The molecule has 1 aromatic carbocycles. The van der Waals surface area contributed by atoms with E-state index in [4.69, 9.17) is 9.15 Å². The molecule has 1 N–H and O–H groups in total. The van der Waals surface area contributed by atoms with Crippen LogP contribution < -0.4 is 10.3 Å². The Hall–Kier alpha value is -3.79. The number of nitrogens with zero attached hydrogens (tertiary/aromatic N) is 2. The number of pyridine rings is 1. The van der Waals surface area contributed by atoms with Crippen LogP contribution in [0, 0.1) is 18.3 Å². The Morgan fingerprint density at radius 2 is 1.88 bits per heavy atom. The van der Waals surface area contributed by atoms with Crippen LogP contribution in [0.3, 0.4) is 0 Å². The van der Waals surface area contributed by atoms with Gasteiger partial charge in [-0.3, -0.25) is 14.2 Å². The van der Waals surface area contributed by atoms with Gasteiger partial charge in [0.05, 0.1) is 25.0 Å². The third-order valence-electron chi connectivity index (χ3n) is 5.55. The molecule has 172 valence electrons. The van der Waals surface area contributed by atoms with Gasteiger partial charge in [0, 0.05) is 5.56 Å². The zero-order valence-corrected chi connectivity index (χ0v) is 19.0. The van der Waals surface area contributed by atoms with E-state index in [2.05, 4.69) is 6.92 Å². The first kappa shape index (κ1) is 23.9. The quantitative estimate of drug-likeness (QED) is 0.328. The van der Waals surface area contributed by atoms with Gasteiger partial charge in [0.25, 0.3) is 5.56 Å². The predicted octanol–water partition coefficient (Wildman–Crippen LogP) is 4.96. The number of benzene rings is 1. The Labute approximate surface area is 192 Å². The van der Waals surface area contributed by atoms with Gasteiger partial charge in [-0.1, -0.05) is 32.6 Å². The van der Waals surface area contributed by atoms with Crippen LogP contribution in [0.1, 0.15) is 71.8 Å². The van der Waals surface area contributed by atoms with Crippen LogP contribution in [0.15, 0.2) is 51.9 Å². The van der Waals surface area contributed by atoms with Crippen molar-refractivity contribution in [1.29, 1.82) is 5.26 Å². The van der Waals surface area contributed by atoms with Crippen molar-refractivity contribution in [2.75, 3.05) is 6.61 Å². The molecule has 2 heterocycles. The second kappa shape index (κ2) is 11.2. The monoisotopic (exact) mass is 448 g/mol. The van der Waals surface area contributed by atoms with Gasteiger partial charge in [-0.05, 0) is 55.3 Å². The molecule has 7 nitrogen and oxygen atoms in total. The largest absolute Gasteiger partial charge is 0.494 e. The molecule has 3 aromatic rings. The number of carbonyl (C=O) groups is 1. The first-order valence-electron chi connectivity index (χ1n) is 11.1. The smallest absolute Gasteiger partial charge is 0.271 e. The second-order valence-corrected chi connectivity index (χ2v) is 7.90. The van der Waals surface area contributed by atoms with Crippen LogP contribution >= 0.6 is 0 Å². The van der Waals surface area contributed by atoms with Crippen LogP contribution in [0.2, 0.25) is 0 Å². The summed E-state index contributed by atoms with van der Waals surface area (Å²) in [7, 11) is 0. The molecule has 0 aliphatic heterocycles. The molecule has 0 spiro atoms. The van der Waals surface area contributed by atoms with Gasteiger partial charge in [0.2, 0.25) is 5.88 Å². The number of ketones is 1. The van der Waals surface area contributed by atoms with Gasteiger partial charge in [-0.25, -0.2) is 0 Å². The molecule has 2 aromatic heterocycles. The van der Waals surface area contributed by atoms with E-state index in [1.165, 1.54) is 32.4 Å². The molecular formula is C26H28N2O5. The number of aromatic hydroxyl groups is 1. The summed E-state index contributed by atoms with van der Waals surface area (Å²) in [6, 6.07) is 11.8. The highest BCUT2D eigenvalue weighted by Crippen LogP contribution is 2.26. The number of hydrogen-bond donors (Lipinski definition) is 1. The fourth-order valence-corrected chi connectivity index (χ4v) is 3.67. The van der Waals surface area contributed by atoms with Crippen LogP contribution in [0.4, 0.5) is 0 Å². The van der Waals surface area contributed by atoms with Crippen LogP contribution in [-0.4, -0.2) is 22.1 Å². The highest BCUT2D eigenvalue weighted by Gasteiger charge is 2.25. The number of hydrogen-bond acceptors (Lipinski definition) is 6. The number of nitriles is 1. The number of unbranched alkanes of at least 4 members (excludes halogenated alkanes) is 4. The summed E-state index contributed by atoms with van der Waals surface area (Å²) < 4.78 is 12.0. The van der Waals surface area contributed by atoms with Crippen molar-refractivity contribution in [3.05, 3.63) is 81.0 Å². The van der Waals surface area contributed by atoms with E-state index in [0.717, 1.165) is 17.4 Å². The van der Waals surface area contributed by atoms with Gasteiger partial charge < -0.3 is 14.3 Å². The lowest BCUT2D eigenvalue weighted by Crippen LogP contribution is -2.27. The van der Waals surface area contributed by atoms with Gasteiger partial charge in [0.15, 0.2) is 5.78 Å². The zero-order valence-electron chi connectivity index (χ0n) is 19.0. The minimum Gasteiger partial charge on any atom is -0.494 e. The number of aromatic nitrogens is 1. The number of rotatable bonds is 11. The Balaban J connectivity index is 1.83. The van der Waals surface area contributed by atoms with Gasteiger partial charge in [-0.2, -0.15) is 5.26 Å². The fourth-order valence-electron chi connectivity index (χ4n) is 3.67. The predicted molar refractivity (Wildman–Crippen MR) is 124 cm³/mol. The van der Waals surface area contributed by atoms with Crippen molar-refractivity contribution < 1.29 is 19.1 Å². The molecule has 3 rings (SSSR count). The lowest BCUT2D eigenvalue weighted by molar-refractivity contribution is 0.103. The Kier molecular flexibility index (Phi) is 8.09. The highest BCUT2D eigenvalue weighted by molar-refractivity contribution is 6.11. The lowest BCUT2D eigenvalue weighted by atomic mass is 9.97. The van der Waals surface area contributed by atoms with E-state index < -0.39 is 17.2 Å². The maximum atomic E-state index is 13.2. The molecule has 0 aliphatic carbocycles. The summed E-state index contributed by atoms with van der Waals surface area (Å²) in [6.07, 6.45) is 7.16. The zero-order chi connectivity index (χ0) is 23.8. The summed E-state index contributed by atoms with van der Waals surface area (Å²) in [5.74, 6) is 0.0874. The molecule has 0 atom stereocenters. The van der Waals surface area contributed by atoms with Crippen molar-refractivity contribution >= 4 is 5.78 Å². The SMILES string of the molecule is CCCCCCCOc1ccc(C(=O)c2c(C)c(C#N)c(=O)n(Cc3ccco3)c2O)cc1. The standard InChI is InChI=1S/C26H28N2O5/c1-3-4-5-6-7-14-32-20-12-10-19(11-13-20)24(29)23-18(2)22(16-27)25(30)28(26(23)31)17-21-9-8-15-33-21/h8-13,15,31H,3-7,14,17H2,1-2H3. The minimum absolute atomic E-state index is 0.0812. The van der Waals surface area contributed by atoms with Crippen molar-refractivity contribution in [3.8, 4) is 17.7 Å². The summed E-state index contributed by atoms with van der Waals surface area (Å²) in [4.78, 5) is 26.0. The number of carbonyl (C=O) groups excluding carboxylic acids is 1. The third-order valence-corrected chi connectivity index (χ3v) is 5.55. The van der Waals surface area contributed by atoms with Crippen LogP contribution in [0.25, 0.3) is 0 Å². The van der Waals surface area contributed by atoms with Gasteiger partial charge in [0.1, 0.15) is 23.1 Å². The fraction of sp³-hybridized carbons (Fsp3) is 0.346. The van der Waals surface area contributed by atoms with E-state index in [1.54, 1.807) is 36.4 Å². The average molecular weight is 449 g/mol. The first-order chi connectivity index (χ1) is 16.0. The van der Waals surface area contributed by atoms with E-state index in [1.807, 2.05) is 6.07 Å². The molecule has 0 radical (unpaired) electrons. The third kappa shape index (κ3) is 5.53. The van der Waals surface area contributed by atoms with Crippen molar-refractivity contribution in [3.63, 3.8) is 0 Å². The highest BCUT2D eigenvalue weighted by atomic mass is 16.5. The Morgan fingerprint density at radius 3 is 2.52 bits per heavy atom. The lowest BCUT2D eigenvalue weighted by Gasteiger charge is -2.15. The van der Waals surface area contributed by atoms with Crippen molar-refractivity contribution in [2.24, 2.45) is 0 Å². The summed E-state index contributed by atoms with van der Waals surface area (Å²) in [5, 5.41) is 20.3. The molecule has 0 unspecified atom stereocenters. The van der Waals surface area contributed by atoms with Gasteiger partial charge >= 0.3 is 0 Å². The summed E-state index contributed by atoms with van der Waals surface area (Å²) >= 11 is 0. The second-order valence-electron chi connectivity index (χ2n) is 7.90. The molecule has 0 amide bonds. The number of ether oxygens (including phenoxy) is 1. The molecule has 0 fully saturated rings. The van der Waals surface area contributed by atoms with Crippen LogP contribution in [-0.2, 0) is 6.54 Å². The molecule has 0 saturated carbocycles. The number of furan rings is 1. The van der Waals surface area contributed by atoms with Crippen molar-refractivity contribution in [1.82, 2.24) is 4.57 Å². The van der Waals surface area contributed by atoms with Crippen molar-refractivity contribution in [2.45, 2.75) is 52.5 Å². The Bertz CT molecular complexity index is 1190. The molecule has 0 saturated heterocycles. The average Bonchev–Trinajstić information content (AvgIpc) is 3.33. The first-order valence-corrected chi connectivity index (χ1v) is 11.1. The van der Waals surface area contributed by atoms with Crippen LogP contribution in [0.5, 0.6) is 11.6 Å². The van der Waals surface area contributed by atoms with E-state index >= 15 is 0 Å². The van der Waals surface area contributed by atoms with E-state index in [-0.39, 0.29) is 23.2 Å². The maximum absolute atomic E-state index is 13.2. The molecule has 33 heavy (non-hydrogen) atoms. The Morgan fingerprint density at radius 1 is 1.15 bits per heavy atom. The summed E-state index contributed by atoms with van der Waals surface area (Å²) in [5.41, 5.74) is -0.486. The van der Waals surface area contributed by atoms with E-state index in [0.29, 0.717) is 23.7 Å². The van der Waals surface area contributed by atoms with Gasteiger partial charge in [-0.15, -0.1) is 0 Å².